The average molecular weight is 326 g/mol. The second kappa shape index (κ2) is 7.45. The van der Waals surface area contributed by atoms with Crippen molar-refractivity contribution in [3.63, 3.8) is 0 Å². The van der Waals surface area contributed by atoms with Crippen LogP contribution in [0.25, 0.3) is 0 Å². The summed E-state index contributed by atoms with van der Waals surface area (Å²) < 4.78 is 20.4. The fraction of sp³-hybridized carbons (Fsp3) is 0.765. The molecule has 2 aliphatic carbocycles. The molecule has 0 aromatic rings. The van der Waals surface area contributed by atoms with Gasteiger partial charge in [-0.05, 0) is 23.7 Å². The minimum Gasteiger partial charge on any atom is -0.438 e. The molecule has 6 nitrogen and oxygen atoms in total. The van der Waals surface area contributed by atoms with Gasteiger partial charge in [0.25, 0.3) is 0 Å². The molecule has 0 N–H and O–H groups in total. The minimum atomic E-state index is -0.493. The van der Waals surface area contributed by atoms with Gasteiger partial charge in [-0.1, -0.05) is 32.9 Å². The zero-order valence-electron chi connectivity index (χ0n) is 14.2. The molecule has 130 valence electrons. The van der Waals surface area contributed by atoms with Crippen molar-refractivity contribution >= 4 is 11.9 Å². The SMILES string of the molecule is COCOC(=O)C1C2C=CC(C2)C1C(=O)OCOCC(C)(C)C. The molecule has 0 radical (unpaired) electrons. The van der Waals surface area contributed by atoms with Crippen LogP contribution in [0.15, 0.2) is 12.2 Å². The fourth-order valence-corrected chi connectivity index (χ4v) is 3.22. The van der Waals surface area contributed by atoms with Crippen LogP contribution in [-0.2, 0) is 28.5 Å². The molecule has 0 spiro atoms. The van der Waals surface area contributed by atoms with Crippen LogP contribution in [-0.4, -0.2) is 39.2 Å². The number of methoxy groups -OCH3 is 1. The van der Waals surface area contributed by atoms with Crippen LogP contribution < -0.4 is 0 Å². The van der Waals surface area contributed by atoms with Crippen molar-refractivity contribution in [3.8, 4) is 0 Å². The predicted molar refractivity (Wildman–Crippen MR) is 82.1 cm³/mol. The van der Waals surface area contributed by atoms with Gasteiger partial charge in [0.15, 0.2) is 13.6 Å². The highest BCUT2D eigenvalue weighted by atomic mass is 16.7. The number of hydrogen-bond donors (Lipinski definition) is 0. The van der Waals surface area contributed by atoms with Crippen LogP contribution in [0.5, 0.6) is 0 Å². The Kier molecular flexibility index (Phi) is 5.81. The van der Waals surface area contributed by atoms with E-state index in [9.17, 15) is 9.59 Å². The van der Waals surface area contributed by atoms with Crippen LogP contribution in [0.4, 0.5) is 0 Å². The van der Waals surface area contributed by atoms with Gasteiger partial charge in [-0.25, -0.2) is 0 Å². The van der Waals surface area contributed by atoms with Gasteiger partial charge in [0, 0.05) is 7.11 Å². The lowest BCUT2D eigenvalue weighted by molar-refractivity contribution is -0.174. The van der Waals surface area contributed by atoms with Gasteiger partial charge in [0.1, 0.15) is 0 Å². The molecule has 4 atom stereocenters. The monoisotopic (exact) mass is 326 g/mol. The van der Waals surface area contributed by atoms with E-state index >= 15 is 0 Å². The third-order valence-corrected chi connectivity index (χ3v) is 4.14. The largest absolute Gasteiger partial charge is 0.438 e. The molecular weight excluding hydrogens is 300 g/mol. The molecule has 0 aliphatic heterocycles. The van der Waals surface area contributed by atoms with Crippen molar-refractivity contribution < 1.29 is 28.5 Å². The molecule has 4 unspecified atom stereocenters. The highest BCUT2D eigenvalue weighted by Crippen LogP contribution is 2.49. The lowest BCUT2D eigenvalue weighted by atomic mass is 9.83. The maximum absolute atomic E-state index is 12.4. The summed E-state index contributed by atoms with van der Waals surface area (Å²) in [4.78, 5) is 24.6. The van der Waals surface area contributed by atoms with Gasteiger partial charge in [-0.15, -0.1) is 0 Å². The van der Waals surface area contributed by atoms with Crippen LogP contribution in [0.1, 0.15) is 27.2 Å². The van der Waals surface area contributed by atoms with Crippen LogP contribution >= 0.6 is 0 Å². The lowest BCUT2D eigenvalue weighted by Crippen LogP contribution is -2.36. The minimum absolute atomic E-state index is 0.00800. The van der Waals surface area contributed by atoms with Gasteiger partial charge in [-0.3, -0.25) is 9.59 Å². The molecular formula is C17H26O6. The van der Waals surface area contributed by atoms with E-state index in [0.29, 0.717) is 6.61 Å². The Morgan fingerprint density at radius 1 is 1.00 bits per heavy atom. The van der Waals surface area contributed by atoms with Crippen molar-refractivity contribution in [3.05, 3.63) is 12.2 Å². The number of carbonyl (C=O) groups is 2. The fourth-order valence-electron chi connectivity index (χ4n) is 3.22. The molecule has 2 rings (SSSR count). The zero-order chi connectivity index (χ0) is 17.0. The Morgan fingerprint density at radius 2 is 1.52 bits per heavy atom. The number of fused-ring (bicyclic) bond motifs is 2. The van der Waals surface area contributed by atoms with Gasteiger partial charge in [0.05, 0.1) is 18.4 Å². The first-order valence-corrected chi connectivity index (χ1v) is 7.92. The molecule has 0 aromatic heterocycles. The molecule has 1 saturated carbocycles. The maximum Gasteiger partial charge on any atom is 0.312 e. The number of rotatable bonds is 7. The second-order valence-electron chi connectivity index (χ2n) is 7.36. The van der Waals surface area contributed by atoms with Crippen molar-refractivity contribution in [1.29, 1.82) is 0 Å². The van der Waals surface area contributed by atoms with Crippen molar-refractivity contribution in [2.45, 2.75) is 27.2 Å². The predicted octanol–water partition coefficient (Wildman–Crippen LogP) is 2.14. The molecule has 1 fully saturated rings. The number of ether oxygens (including phenoxy) is 4. The zero-order valence-corrected chi connectivity index (χ0v) is 14.2. The Labute approximate surface area is 137 Å². The number of hydrogen-bond acceptors (Lipinski definition) is 6. The third-order valence-electron chi connectivity index (χ3n) is 4.14. The summed E-state index contributed by atoms with van der Waals surface area (Å²) in [5.41, 5.74) is 0.00800. The summed E-state index contributed by atoms with van der Waals surface area (Å²) in [6.45, 7) is 6.42. The van der Waals surface area contributed by atoms with Gasteiger partial charge in [0.2, 0.25) is 0 Å². The molecule has 0 amide bonds. The Hall–Kier alpha value is -1.40. The number of esters is 2. The Bertz CT molecular complexity index is 464. The van der Waals surface area contributed by atoms with E-state index in [4.69, 9.17) is 18.9 Å². The highest BCUT2D eigenvalue weighted by Gasteiger charge is 2.53. The average Bonchev–Trinajstić information content (AvgIpc) is 3.08. The van der Waals surface area contributed by atoms with E-state index in [2.05, 4.69) is 0 Å². The topological polar surface area (TPSA) is 71.1 Å². The maximum atomic E-state index is 12.4. The molecule has 6 heteroatoms. The van der Waals surface area contributed by atoms with Gasteiger partial charge >= 0.3 is 11.9 Å². The van der Waals surface area contributed by atoms with E-state index < -0.39 is 23.8 Å². The number of carbonyl (C=O) groups excluding carboxylic acids is 2. The first kappa shape index (κ1) is 17.9. The third kappa shape index (κ3) is 4.54. The second-order valence-corrected chi connectivity index (χ2v) is 7.36. The summed E-state index contributed by atoms with van der Waals surface area (Å²) >= 11 is 0. The van der Waals surface area contributed by atoms with E-state index in [-0.39, 0.29) is 30.8 Å². The lowest BCUT2D eigenvalue weighted by Gasteiger charge is -2.25. The summed E-state index contributed by atoms with van der Waals surface area (Å²) in [6.07, 6.45) is 4.77. The first-order valence-electron chi connectivity index (χ1n) is 7.92. The van der Waals surface area contributed by atoms with E-state index in [0.717, 1.165) is 6.42 Å². The first-order chi connectivity index (χ1) is 10.8. The quantitative estimate of drug-likeness (QED) is 0.309. The summed E-state index contributed by atoms with van der Waals surface area (Å²) in [5, 5.41) is 0. The van der Waals surface area contributed by atoms with Crippen molar-refractivity contribution in [2.75, 3.05) is 27.3 Å². The van der Waals surface area contributed by atoms with Crippen molar-refractivity contribution in [2.24, 2.45) is 29.1 Å². The standard InChI is InChI=1S/C17H26O6/c1-17(2,3)8-21-10-23-16(19)14-12-6-5-11(7-12)13(14)15(18)22-9-20-4/h5-6,11-14H,7-10H2,1-4H3. The Morgan fingerprint density at radius 3 is 2.00 bits per heavy atom. The molecule has 2 bridgehead atoms. The van der Waals surface area contributed by atoms with Gasteiger partial charge in [-0.2, -0.15) is 0 Å². The molecule has 2 aliphatic rings. The highest BCUT2D eigenvalue weighted by molar-refractivity contribution is 5.84. The smallest absolute Gasteiger partial charge is 0.312 e. The van der Waals surface area contributed by atoms with Crippen molar-refractivity contribution in [1.82, 2.24) is 0 Å². The summed E-state index contributed by atoms with van der Waals surface area (Å²) in [7, 11) is 1.45. The summed E-state index contributed by atoms with van der Waals surface area (Å²) in [6, 6.07) is 0. The van der Waals surface area contributed by atoms with E-state index in [1.165, 1.54) is 7.11 Å². The van der Waals surface area contributed by atoms with Crippen LogP contribution in [0.3, 0.4) is 0 Å². The molecule has 0 aromatic carbocycles. The van der Waals surface area contributed by atoms with E-state index in [1.54, 1.807) is 0 Å². The Balaban J connectivity index is 1.89. The van der Waals surface area contributed by atoms with E-state index in [1.807, 2.05) is 32.9 Å². The molecule has 23 heavy (non-hydrogen) atoms. The van der Waals surface area contributed by atoms with Crippen LogP contribution in [0, 0.1) is 29.1 Å². The molecule has 0 saturated heterocycles. The number of allylic oxidation sites excluding steroid dienone is 2. The summed E-state index contributed by atoms with van der Waals surface area (Å²) in [5.74, 6) is -1.70. The van der Waals surface area contributed by atoms with Crippen LogP contribution in [0.2, 0.25) is 0 Å². The normalized spacial score (nSPS) is 28.9. The van der Waals surface area contributed by atoms with Gasteiger partial charge < -0.3 is 18.9 Å². The molecule has 0 heterocycles.